The first-order valence-electron chi connectivity index (χ1n) is 17.3. The van der Waals surface area contributed by atoms with Crippen molar-refractivity contribution in [2.45, 2.75) is 106 Å². The van der Waals surface area contributed by atoms with Crippen LogP contribution in [0, 0.1) is 5.92 Å². The van der Waals surface area contributed by atoms with Gasteiger partial charge in [0.15, 0.2) is 0 Å². The first-order chi connectivity index (χ1) is 22.0. The molecule has 1 aliphatic heterocycles. The van der Waals surface area contributed by atoms with Crippen molar-refractivity contribution in [2.24, 2.45) is 5.92 Å². The van der Waals surface area contributed by atoms with Gasteiger partial charge in [-0.2, -0.15) is 0 Å². The number of alkyl halides is 1. The molecule has 0 radical (unpaired) electrons. The van der Waals surface area contributed by atoms with Crippen LogP contribution in [0.25, 0.3) is 5.57 Å². The summed E-state index contributed by atoms with van der Waals surface area (Å²) in [5, 5.41) is 5.71. The van der Waals surface area contributed by atoms with E-state index in [1.807, 2.05) is 6.92 Å². The van der Waals surface area contributed by atoms with Crippen LogP contribution in [0.4, 0.5) is 10.2 Å². The summed E-state index contributed by atoms with van der Waals surface area (Å²) in [6.45, 7) is 30.8. The molecule has 0 amide bonds. The summed E-state index contributed by atoms with van der Waals surface area (Å²) < 4.78 is 14.4. The van der Waals surface area contributed by atoms with Crippen LogP contribution in [-0.4, -0.2) is 30.8 Å². The minimum Gasteiger partial charge on any atom is -0.310 e. The Morgan fingerprint density at radius 1 is 1.11 bits per heavy atom. The van der Waals surface area contributed by atoms with Crippen LogP contribution >= 0.6 is 0 Å². The maximum Gasteiger partial charge on any atom is 0.147 e. The third kappa shape index (κ3) is 11.2. The molecule has 0 unspecified atom stereocenters. The van der Waals surface area contributed by atoms with Crippen molar-refractivity contribution in [1.82, 2.24) is 15.7 Å². The van der Waals surface area contributed by atoms with Crippen molar-refractivity contribution in [3.63, 3.8) is 0 Å². The highest BCUT2D eigenvalue weighted by Crippen LogP contribution is 2.32. The number of halogens is 1. The number of anilines is 1. The molecule has 0 spiro atoms. The fourth-order valence-corrected chi connectivity index (χ4v) is 5.65. The molecule has 252 valence electrons. The second-order valence-corrected chi connectivity index (χ2v) is 12.8. The molecule has 0 saturated carbocycles. The second-order valence-electron chi connectivity index (χ2n) is 12.8. The number of rotatable bonds is 20. The van der Waals surface area contributed by atoms with Crippen LogP contribution < -0.4 is 15.8 Å². The van der Waals surface area contributed by atoms with Crippen LogP contribution in [0.3, 0.4) is 0 Å². The number of nitrogens with zero attached hydrogens (tertiary/aromatic N) is 2. The molecule has 4 nitrogen and oxygen atoms in total. The van der Waals surface area contributed by atoms with Gasteiger partial charge in [-0.3, -0.25) is 5.01 Å². The Morgan fingerprint density at radius 3 is 2.41 bits per heavy atom. The van der Waals surface area contributed by atoms with Crippen molar-refractivity contribution >= 4 is 11.4 Å². The number of allylic oxidation sites excluding steroid dienone is 9. The average molecular weight is 629 g/mol. The summed E-state index contributed by atoms with van der Waals surface area (Å²) in [5.41, 5.74) is 13.9. The molecule has 0 saturated heterocycles. The first-order valence-corrected chi connectivity index (χ1v) is 17.3. The lowest BCUT2D eigenvalue weighted by atomic mass is 9.92. The van der Waals surface area contributed by atoms with E-state index >= 15 is 0 Å². The first kappa shape index (κ1) is 38.9. The monoisotopic (exact) mass is 628 g/mol. The fraction of sp³-hybridized carbons (Fsp3) is 0.488. The summed E-state index contributed by atoms with van der Waals surface area (Å²) in [6.07, 6.45) is 15.1. The maximum atomic E-state index is 14.4. The van der Waals surface area contributed by atoms with Crippen LogP contribution in [0.15, 0.2) is 107 Å². The minimum atomic E-state index is -0.510. The lowest BCUT2D eigenvalue weighted by Gasteiger charge is -2.23. The molecule has 1 aromatic heterocycles. The number of hydrogen-bond acceptors (Lipinski definition) is 4. The van der Waals surface area contributed by atoms with Gasteiger partial charge in [0, 0.05) is 30.4 Å². The van der Waals surface area contributed by atoms with Gasteiger partial charge in [0.25, 0.3) is 0 Å². The Bertz CT molecular complexity index is 1350. The van der Waals surface area contributed by atoms with E-state index in [9.17, 15) is 4.39 Å². The number of aromatic nitrogens is 1. The van der Waals surface area contributed by atoms with E-state index in [4.69, 9.17) is 4.98 Å². The van der Waals surface area contributed by atoms with Gasteiger partial charge in [-0.25, -0.2) is 14.8 Å². The van der Waals surface area contributed by atoms with Gasteiger partial charge in [-0.15, -0.1) is 0 Å². The zero-order valence-corrected chi connectivity index (χ0v) is 30.2. The van der Waals surface area contributed by atoms with Crippen molar-refractivity contribution in [1.29, 1.82) is 0 Å². The largest absolute Gasteiger partial charge is 0.310 e. The highest BCUT2D eigenvalue weighted by atomic mass is 19.1. The summed E-state index contributed by atoms with van der Waals surface area (Å²) in [6, 6.07) is 6.61. The number of hydrazine groups is 1. The molecule has 0 fully saturated rings. The highest BCUT2D eigenvalue weighted by Gasteiger charge is 2.25. The normalized spacial score (nSPS) is 15.3. The lowest BCUT2D eigenvalue weighted by Crippen LogP contribution is -2.32. The number of pyridine rings is 1. The van der Waals surface area contributed by atoms with Crippen molar-refractivity contribution in [3.8, 4) is 0 Å². The maximum absolute atomic E-state index is 14.4. The molecule has 46 heavy (non-hydrogen) atoms. The zero-order chi connectivity index (χ0) is 34.2. The minimum absolute atomic E-state index is 0.417. The van der Waals surface area contributed by atoms with Crippen LogP contribution in [0.5, 0.6) is 0 Å². The van der Waals surface area contributed by atoms with E-state index in [1.165, 1.54) is 11.3 Å². The fourth-order valence-electron chi connectivity index (χ4n) is 5.65. The molecule has 0 aliphatic carbocycles. The number of unbranched alkanes of at least 4 members (excludes halogenated alkanes) is 1. The summed E-state index contributed by atoms with van der Waals surface area (Å²) in [5.74, 6) is 1.30. The Kier molecular flexibility index (Phi) is 17.0. The Morgan fingerprint density at radius 2 is 1.83 bits per heavy atom. The zero-order valence-electron chi connectivity index (χ0n) is 30.2. The average Bonchev–Trinajstić information content (AvgIpc) is 3.48. The van der Waals surface area contributed by atoms with Gasteiger partial charge >= 0.3 is 0 Å². The van der Waals surface area contributed by atoms with E-state index in [1.54, 1.807) is 6.08 Å². The van der Waals surface area contributed by atoms with Gasteiger partial charge in [-0.05, 0) is 105 Å². The topological polar surface area (TPSA) is 40.2 Å². The SMILES string of the molecule is C=C/C(CNC(CC)CC)=C(CF)\C(C)=C(/C)CCC(=C)/C(=C\C=C/C(C)C)c1cccc(N2NCC(C(=C)C)=C2CCCC)n1. The predicted molar refractivity (Wildman–Crippen MR) is 200 cm³/mol. The van der Waals surface area contributed by atoms with Gasteiger partial charge < -0.3 is 5.32 Å². The number of hydrogen-bond donors (Lipinski definition) is 2. The molecule has 2 rings (SSSR count). The summed E-state index contributed by atoms with van der Waals surface area (Å²) >= 11 is 0. The van der Waals surface area contributed by atoms with Gasteiger partial charge in [-0.1, -0.05) is 102 Å². The van der Waals surface area contributed by atoms with E-state index in [-0.39, 0.29) is 0 Å². The van der Waals surface area contributed by atoms with Gasteiger partial charge in [0.05, 0.1) is 5.69 Å². The van der Waals surface area contributed by atoms with E-state index in [2.05, 4.69) is 120 Å². The van der Waals surface area contributed by atoms with Crippen LogP contribution in [0.2, 0.25) is 0 Å². The van der Waals surface area contributed by atoms with E-state index < -0.39 is 6.67 Å². The molecule has 5 heteroatoms. The third-order valence-corrected chi connectivity index (χ3v) is 8.92. The van der Waals surface area contributed by atoms with Gasteiger partial charge in [0.1, 0.15) is 12.5 Å². The lowest BCUT2D eigenvalue weighted by molar-refractivity contribution is 0.501. The molecule has 0 aromatic carbocycles. The van der Waals surface area contributed by atoms with Gasteiger partial charge in [0.2, 0.25) is 0 Å². The van der Waals surface area contributed by atoms with Crippen molar-refractivity contribution < 1.29 is 4.39 Å². The van der Waals surface area contributed by atoms with E-state index in [0.717, 1.165) is 102 Å². The molecule has 2 heterocycles. The second kappa shape index (κ2) is 20.1. The highest BCUT2D eigenvalue weighted by molar-refractivity contribution is 5.78. The third-order valence-electron chi connectivity index (χ3n) is 8.92. The molecule has 0 bridgehead atoms. The van der Waals surface area contributed by atoms with Crippen molar-refractivity contribution in [2.75, 3.05) is 24.8 Å². The quantitative estimate of drug-likeness (QED) is 0.141. The molecule has 1 aliphatic rings. The summed E-state index contributed by atoms with van der Waals surface area (Å²) in [4.78, 5) is 5.16. The smallest absolute Gasteiger partial charge is 0.147 e. The molecule has 0 atom stereocenters. The van der Waals surface area contributed by atoms with Crippen LogP contribution in [-0.2, 0) is 0 Å². The molecule has 2 N–H and O–H groups in total. The standard InChI is InChI=1S/C41H61FN4/c1-12-16-22-40-38(30(7)8)28-44-46(40)41-23-18-21-39(45-41)36(20-17-19-29(5)6)32(10)25-24-31(9)33(11)37(26-42)34(13-2)27-43-35(14-3)15-4/h13,17-21,23,29,35,43-44H,2,7,10,12,14-16,22,24-28H2,1,3-6,8-9,11H3/b19-17-,33-31+,36-20+,37-34+. The predicted octanol–water partition coefficient (Wildman–Crippen LogP) is 10.9. The number of nitrogens with one attached hydrogen (secondary N) is 2. The van der Waals surface area contributed by atoms with Crippen LogP contribution in [0.1, 0.15) is 106 Å². The summed E-state index contributed by atoms with van der Waals surface area (Å²) in [7, 11) is 0. The van der Waals surface area contributed by atoms with Crippen molar-refractivity contribution in [3.05, 3.63) is 113 Å². The molecular weight excluding hydrogens is 567 g/mol. The van der Waals surface area contributed by atoms with E-state index in [0.29, 0.717) is 18.5 Å². The Labute approximate surface area is 280 Å². The molecular formula is C41H61FN4. The Balaban J connectivity index is 2.40. The Hall–Kier alpha value is -3.28. The molecule has 1 aromatic rings.